The Morgan fingerprint density at radius 1 is 1.16 bits per heavy atom. The first-order valence-corrected chi connectivity index (χ1v) is 11.7. The molecule has 1 fully saturated rings. The summed E-state index contributed by atoms with van der Waals surface area (Å²) in [5.41, 5.74) is 3.18. The number of aryl methyl sites for hydroxylation is 1. The van der Waals surface area contributed by atoms with Gasteiger partial charge in [-0.1, -0.05) is 49.2 Å². The number of rotatable bonds is 7. The summed E-state index contributed by atoms with van der Waals surface area (Å²) in [4.78, 5) is 18.1. The van der Waals surface area contributed by atoms with Gasteiger partial charge in [0.2, 0.25) is 0 Å². The van der Waals surface area contributed by atoms with Crippen LogP contribution in [0, 0.1) is 5.92 Å². The number of para-hydroxylation sites is 2. The predicted molar refractivity (Wildman–Crippen MR) is 126 cm³/mol. The summed E-state index contributed by atoms with van der Waals surface area (Å²) in [7, 11) is 0. The van der Waals surface area contributed by atoms with Crippen LogP contribution in [-0.4, -0.2) is 44.8 Å². The van der Waals surface area contributed by atoms with E-state index in [-0.39, 0.29) is 17.9 Å². The maximum atomic E-state index is 11.9. The zero-order chi connectivity index (χ0) is 22.7. The third kappa shape index (κ3) is 4.62. The first-order valence-electron chi connectivity index (χ1n) is 11.3. The van der Waals surface area contributed by atoms with E-state index in [1.165, 1.54) is 4.90 Å². The number of halogens is 1. The van der Waals surface area contributed by atoms with Gasteiger partial charge in [-0.15, -0.1) is 0 Å². The Labute approximate surface area is 193 Å². The summed E-state index contributed by atoms with van der Waals surface area (Å²) in [6, 6.07) is 16.0. The van der Waals surface area contributed by atoms with E-state index in [0.717, 1.165) is 41.8 Å². The molecule has 1 amide bonds. The van der Waals surface area contributed by atoms with Crippen LogP contribution in [-0.2, 0) is 17.9 Å². The highest BCUT2D eigenvalue weighted by Crippen LogP contribution is 2.38. The molecule has 2 heterocycles. The van der Waals surface area contributed by atoms with Gasteiger partial charge in [0.15, 0.2) is 0 Å². The van der Waals surface area contributed by atoms with E-state index in [0.29, 0.717) is 24.7 Å². The van der Waals surface area contributed by atoms with Crippen molar-refractivity contribution in [1.82, 2.24) is 14.5 Å². The van der Waals surface area contributed by atoms with Crippen molar-refractivity contribution < 1.29 is 14.6 Å². The van der Waals surface area contributed by atoms with Crippen LogP contribution in [0.1, 0.15) is 44.0 Å². The Hall–Kier alpha value is -2.57. The molecule has 3 aromatic rings. The Balaban J connectivity index is 1.64. The number of piperidine rings is 1. The van der Waals surface area contributed by atoms with Crippen molar-refractivity contribution in [3.05, 3.63) is 64.9 Å². The molecule has 0 bridgehead atoms. The van der Waals surface area contributed by atoms with Gasteiger partial charge in [0.05, 0.1) is 23.7 Å². The lowest BCUT2D eigenvalue weighted by atomic mass is 9.76. The largest absolute Gasteiger partial charge is 0.465 e. The molecular formula is C25H30ClN3O3. The number of ether oxygens (including phenoxy) is 1. The van der Waals surface area contributed by atoms with E-state index in [9.17, 15) is 9.90 Å². The SMILES string of the molecule is CCCC1CN(C(=O)O)CC(OCc2nc3ccccc3n2CC)C1c1ccc(Cl)cc1. The molecule has 0 aliphatic carbocycles. The summed E-state index contributed by atoms with van der Waals surface area (Å²) < 4.78 is 8.63. The summed E-state index contributed by atoms with van der Waals surface area (Å²) in [6.07, 6.45) is 0.767. The maximum Gasteiger partial charge on any atom is 0.407 e. The number of carboxylic acid groups (broad SMARTS) is 1. The molecule has 7 heteroatoms. The molecule has 32 heavy (non-hydrogen) atoms. The van der Waals surface area contributed by atoms with Crippen LogP contribution in [0.5, 0.6) is 0 Å². The lowest BCUT2D eigenvalue weighted by molar-refractivity contribution is -0.0435. The van der Waals surface area contributed by atoms with Gasteiger partial charge in [-0.3, -0.25) is 0 Å². The third-order valence-corrected chi connectivity index (χ3v) is 6.68. The highest BCUT2D eigenvalue weighted by atomic mass is 35.5. The Bertz CT molecular complexity index is 1070. The summed E-state index contributed by atoms with van der Waals surface area (Å²) in [5.74, 6) is 1.14. The first-order chi connectivity index (χ1) is 15.5. The van der Waals surface area contributed by atoms with Crippen LogP contribution < -0.4 is 0 Å². The van der Waals surface area contributed by atoms with Gasteiger partial charge < -0.3 is 19.3 Å². The standard InChI is InChI=1S/C25H30ClN3O3/c1-3-7-18-14-28(25(30)31)15-22(24(18)17-10-12-19(26)13-11-17)32-16-23-27-20-8-5-6-9-21(20)29(23)4-2/h5-6,8-13,18,22,24H,3-4,7,14-16H2,1-2H3,(H,30,31). The van der Waals surface area contributed by atoms with Gasteiger partial charge in [-0.2, -0.15) is 0 Å². The number of amides is 1. The van der Waals surface area contributed by atoms with Gasteiger partial charge in [-0.05, 0) is 49.1 Å². The molecule has 1 aliphatic heterocycles. The van der Waals surface area contributed by atoms with Crippen LogP contribution in [0.4, 0.5) is 4.79 Å². The van der Waals surface area contributed by atoms with Crippen LogP contribution in [0.25, 0.3) is 11.0 Å². The molecule has 1 N–H and O–H groups in total. The number of aromatic nitrogens is 2. The number of imidazole rings is 1. The van der Waals surface area contributed by atoms with Crippen molar-refractivity contribution in [3.63, 3.8) is 0 Å². The Morgan fingerprint density at radius 3 is 2.59 bits per heavy atom. The maximum absolute atomic E-state index is 11.9. The Morgan fingerprint density at radius 2 is 1.91 bits per heavy atom. The second kappa shape index (κ2) is 9.92. The zero-order valence-corrected chi connectivity index (χ0v) is 19.3. The molecule has 0 radical (unpaired) electrons. The topological polar surface area (TPSA) is 67.6 Å². The number of fused-ring (bicyclic) bond motifs is 1. The van der Waals surface area contributed by atoms with E-state index in [2.05, 4.69) is 24.5 Å². The number of hydrogen-bond acceptors (Lipinski definition) is 3. The van der Waals surface area contributed by atoms with E-state index < -0.39 is 6.09 Å². The van der Waals surface area contributed by atoms with Gasteiger partial charge >= 0.3 is 6.09 Å². The average Bonchev–Trinajstić information content (AvgIpc) is 3.16. The molecule has 0 saturated carbocycles. The molecular weight excluding hydrogens is 426 g/mol. The lowest BCUT2D eigenvalue weighted by Crippen LogP contribution is -2.51. The summed E-state index contributed by atoms with van der Waals surface area (Å²) >= 11 is 6.13. The van der Waals surface area contributed by atoms with E-state index in [1.54, 1.807) is 0 Å². The van der Waals surface area contributed by atoms with Crippen molar-refractivity contribution >= 4 is 28.7 Å². The van der Waals surface area contributed by atoms with Crippen LogP contribution in [0.2, 0.25) is 5.02 Å². The second-order valence-electron chi connectivity index (χ2n) is 8.42. The van der Waals surface area contributed by atoms with Gasteiger partial charge in [-0.25, -0.2) is 9.78 Å². The lowest BCUT2D eigenvalue weighted by Gasteiger charge is -2.43. The fourth-order valence-corrected chi connectivity index (χ4v) is 5.13. The van der Waals surface area contributed by atoms with Gasteiger partial charge in [0.25, 0.3) is 0 Å². The molecule has 170 valence electrons. The monoisotopic (exact) mass is 455 g/mol. The molecule has 4 rings (SSSR count). The number of carbonyl (C=O) groups is 1. The smallest absolute Gasteiger partial charge is 0.407 e. The van der Waals surface area contributed by atoms with Gasteiger partial charge in [0.1, 0.15) is 12.4 Å². The average molecular weight is 456 g/mol. The molecule has 6 nitrogen and oxygen atoms in total. The van der Waals surface area contributed by atoms with E-state index in [4.69, 9.17) is 21.3 Å². The van der Waals surface area contributed by atoms with Crippen LogP contribution in [0.15, 0.2) is 48.5 Å². The minimum Gasteiger partial charge on any atom is -0.465 e. The minimum absolute atomic E-state index is 0.0993. The zero-order valence-electron chi connectivity index (χ0n) is 18.6. The number of hydrogen-bond donors (Lipinski definition) is 1. The van der Waals surface area contributed by atoms with Crippen molar-refractivity contribution in [2.24, 2.45) is 5.92 Å². The fraction of sp³-hybridized carbons (Fsp3) is 0.440. The van der Waals surface area contributed by atoms with Crippen LogP contribution in [0.3, 0.4) is 0 Å². The fourth-order valence-electron chi connectivity index (χ4n) is 5.00. The summed E-state index contributed by atoms with van der Waals surface area (Å²) in [6.45, 7) is 6.23. The second-order valence-corrected chi connectivity index (χ2v) is 8.86. The highest BCUT2D eigenvalue weighted by Gasteiger charge is 2.40. The van der Waals surface area contributed by atoms with Crippen molar-refractivity contribution in [1.29, 1.82) is 0 Å². The number of likely N-dealkylation sites (tertiary alicyclic amines) is 1. The molecule has 1 saturated heterocycles. The van der Waals surface area contributed by atoms with Gasteiger partial charge in [0, 0.05) is 24.0 Å². The van der Waals surface area contributed by atoms with Crippen molar-refractivity contribution in [3.8, 4) is 0 Å². The first kappa shape index (κ1) is 22.6. The van der Waals surface area contributed by atoms with Crippen LogP contribution >= 0.6 is 11.6 Å². The highest BCUT2D eigenvalue weighted by molar-refractivity contribution is 6.30. The molecule has 1 aromatic heterocycles. The minimum atomic E-state index is -0.893. The Kier molecular flexibility index (Phi) is 7.01. The van der Waals surface area contributed by atoms with Crippen molar-refractivity contribution in [2.45, 2.75) is 51.9 Å². The molecule has 2 aromatic carbocycles. The van der Waals surface area contributed by atoms with Crippen molar-refractivity contribution in [2.75, 3.05) is 13.1 Å². The predicted octanol–water partition coefficient (Wildman–Crippen LogP) is 5.79. The molecule has 3 atom stereocenters. The number of nitrogens with zero attached hydrogens (tertiary/aromatic N) is 3. The number of benzene rings is 2. The van der Waals surface area contributed by atoms with E-state index >= 15 is 0 Å². The van der Waals surface area contributed by atoms with E-state index in [1.807, 2.05) is 42.5 Å². The summed E-state index contributed by atoms with van der Waals surface area (Å²) in [5, 5.41) is 10.4. The molecule has 3 unspecified atom stereocenters. The quantitative estimate of drug-likeness (QED) is 0.489. The molecule has 0 spiro atoms. The third-order valence-electron chi connectivity index (χ3n) is 6.42. The normalized spacial score (nSPS) is 21.2. The molecule has 1 aliphatic rings.